The van der Waals surface area contributed by atoms with Gasteiger partial charge in [0.15, 0.2) is 5.69 Å². The minimum Gasteiger partial charge on any atom is -0.458 e. The summed E-state index contributed by atoms with van der Waals surface area (Å²) in [4.78, 5) is 16.3. The van der Waals surface area contributed by atoms with Crippen molar-refractivity contribution in [3.63, 3.8) is 0 Å². The summed E-state index contributed by atoms with van der Waals surface area (Å²) in [5.74, 6) is -0.166. The van der Waals surface area contributed by atoms with Gasteiger partial charge in [-0.15, -0.1) is 0 Å². The Morgan fingerprint density at radius 2 is 1.95 bits per heavy atom. The summed E-state index contributed by atoms with van der Waals surface area (Å²) in [5, 5.41) is 0.843. The van der Waals surface area contributed by atoms with E-state index in [2.05, 4.69) is 4.98 Å². The Hall–Kier alpha value is -2.10. The van der Waals surface area contributed by atoms with Crippen molar-refractivity contribution in [2.45, 2.75) is 26.9 Å². The molecule has 100 valence electrons. The number of pyridine rings is 1. The second kappa shape index (κ2) is 5.26. The molecule has 4 heteroatoms. The Morgan fingerprint density at radius 1 is 1.26 bits per heavy atom. The van der Waals surface area contributed by atoms with E-state index in [4.69, 9.17) is 10.5 Å². The third-order valence-electron chi connectivity index (χ3n) is 3.19. The van der Waals surface area contributed by atoms with Crippen molar-refractivity contribution in [1.82, 2.24) is 4.98 Å². The largest absolute Gasteiger partial charge is 0.458 e. The van der Waals surface area contributed by atoms with Gasteiger partial charge in [0, 0.05) is 11.1 Å². The minimum absolute atomic E-state index is 0.151. The lowest BCUT2D eigenvalue weighted by molar-refractivity contribution is 0.0232. The molecule has 0 saturated heterocycles. The van der Waals surface area contributed by atoms with Gasteiger partial charge in [-0.3, -0.25) is 0 Å². The monoisotopic (exact) mass is 258 g/mol. The van der Waals surface area contributed by atoms with Crippen LogP contribution in [0.4, 0.5) is 5.69 Å². The standard InChI is InChI=1S/C15H18N2O2/c1-9(2)10(3)19-15(18)14-8-12(16)11-6-4-5-7-13(11)17-14/h4-10H,1-3H3,(H2,16,17). The lowest BCUT2D eigenvalue weighted by atomic mass is 10.1. The van der Waals surface area contributed by atoms with Gasteiger partial charge in [0.2, 0.25) is 0 Å². The van der Waals surface area contributed by atoms with Gasteiger partial charge in [0.05, 0.1) is 5.52 Å². The summed E-state index contributed by atoms with van der Waals surface area (Å²) in [6.45, 7) is 5.87. The highest BCUT2D eigenvalue weighted by Crippen LogP contribution is 2.21. The third-order valence-corrected chi connectivity index (χ3v) is 3.19. The number of carbonyl (C=O) groups excluding carboxylic acids is 1. The predicted octanol–water partition coefficient (Wildman–Crippen LogP) is 3.02. The number of aromatic nitrogens is 1. The van der Waals surface area contributed by atoms with Gasteiger partial charge in [-0.2, -0.15) is 0 Å². The predicted molar refractivity (Wildman–Crippen MR) is 75.9 cm³/mol. The van der Waals surface area contributed by atoms with Crippen LogP contribution < -0.4 is 5.73 Å². The second-order valence-electron chi connectivity index (χ2n) is 4.97. The number of para-hydroxylation sites is 1. The van der Waals surface area contributed by atoms with E-state index in [0.29, 0.717) is 11.2 Å². The van der Waals surface area contributed by atoms with Crippen LogP contribution in [0.1, 0.15) is 31.3 Å². The second-order valence-corrected chi connectivity index (χ2v) is 4.97. The maximum Gasteiger partial charge on any atom is 0.357 e. The zero-order chi connectivity index (χ0) is 14.0. The molecule has 0 saturated carbocycles. The first-order valence-corrected chi connectivity index (χ1v) is 6.35. The number of anilines is 1. The van der Waals surface area contributed by atoms with Gasteiger partial charge < -0.3 is 10.5 Å². The fourth-order valence-corrected chi connectivity index (χ4v) is 1.67. The van der Waals surface area contributed by atoms with Crippen LogP contribution in [-0.4, -0.2) is 17.1 Å². The molecular weight excluding hydrogens is 240 g/mol. The van der Waals surface area contributed by atoms with Crippen LogP contribution in [0.25, 0.3) is 10.9 Å². The van der Waals surface area contributed by atoms with Crippen molar-refractivity contribution in [3.8, 4) is 0 Å². The molecule has 1 atom stereocenters. The first-order valence-electron chi connectivity index (χ1n) is 6.35. The van der Waals surface area contributed by atoms with Crippen molar-refractivity contribution in [2.75, 3.05) is 5.73 Å². The summed E-state index contributed by atoms with van der Waals surface area (Å²) >= 11 is 0. The smallest absolute Gasteiger partial charge is 0.357 e. The van der Waals surface area contributed by atoms with E-state index in [1.165, 1.54) is 0 Å². The Labute approximate surface area is 112 Å². The molecule has 1 heterocycles. The molecule has 0 fully saturated rings. The van der Waals surface area contributed by atoms with Crippen molar-refractivity contribution in [3.05, 3.63) is 36.0 Å². The molecule has 2 N–H and O–H groups in total. The Balaban J connectivity index is 2.33. The van der Waals surface area contributed by atoms with E-state index < -0.39 is 5.97 Å². The van der Waals surface area contributed by atoms with Crippen molar-refractivity contribution in [2.24, 2.45) is 5.92 Å². The summed E-state index contributed by atoms with van der Waals surface area (Å²) in [6, 6.07) is 9.02. The van der Waals surface area contributed by atoms with E-state index in [9.17, 15) is 4.79 Å². The lowest BCUT2D eigenvalue weighted by Crippen LogP contribution is -2.21. The number of nitrogens with zero attached hydrogens (tertiary/aromatic N) is 1. The zero-order valence-corrected chi connectivity index (χ0v) is 11.4. The zero-order valence-electron chi connectivity index (χ0n) is 11.4. The maximum atomic E-state index is 12.0. The van der Waals surface area contributed by atoms with Crippen LogP contribution in [0.3, 0.4) is 0 Å². The third kappa shape index (κ3) is 2.84. The highest BCUT2D eigenvalue weighted by Gasteiger charge is 2.17. The van der Waals surface area contributed by atoms with E-state index in [1.807, 2.05) is 45.0 Å². The van der Waals surface area contributed by atoms with Gasteiger partial charge in [-0.25, -0.2) is 9.78 Å². The van der Waals surface area contributed by atoms with Crippen LogP contribution in [0.5, 0.6) is 0 Å². The average molecular weight is 258 g/mol. The maximum absolute atomic E-state index is 12.0. The topological polar surface area (TPSA) is 65.2 Å². The number of hydrogen-bond donors (Lipinski definition) is 1. The summed E-state index contributed by atoms with van der Waals surface area (Å²) < 4.78 is 5.34. The van der Waals surface area contributed by atoms with Crippen molar-refractivity contribution < 1.29 is 9.53 Å². The van der Waals surface area contributed by atoms with Gasteiger partial charge in [-0.05, 0) is 25.0 Å². The molecule has 0 spiro atoms. The van der Waals surface area contributed by atoms with Crippen LogP contribution in [0, 0.1) is 5.92 Å². The number of nitrogen functional groups attached to an aromatic ring is 1. The van der Waals surface area contributed by atoms with Crippen LogP contribution in [-0.2, 0) is 4.74 Å². The lowest BCUT2D eigenvalue weighted by Gasteiger charge is -2.16. The van der Waals surface area contributed by atoms with Crippen LogP contribution in [0.15, 0.2) is 30.3 Å². The fraction of sp³-hybridized carbons (Fsp3) is 0.333. The molecular formula is C15H18N2O2. The molecule has 1 aromatic carbocycles. The first kappa shape index (κ1) is 13.3. The normalized spacial score (nSPS) is 12.6. The molecule has 19 heavy (non-hydrogen) atoms. The number of esters is 1. The highest BCUT2D eigenvalue weighted by atomic mass is 16.5. The van der Waals surface area contributed by atoms with E-state index in [-0.39, 0.29) is 17.7 Å². The molecule has 2 aromatic rings. The Bertz CT molecular complexity index is 608. The Kier molecular flexibility index (Phi) is 3.69. The molecule has 0 amide bonds. The highest BCUT2D eigenvalue weighted by molar-refractivity contribution is 5.96. The van der Waals surface area contributed by atoms with Crippen molar-refractivity contribution >= 4 is 22.6 Å². The molecule has 0 aliphatic carbocycles. The number of nitrogens with two attached hydrogens (primary N) is 1. The van der Waals surface area contributed by atoms with Gasteiger partial charge >= 0.3 is 5.97 Å². The number of carbonyl (C=O) groups is 1. The molecule has 1 unspecified atom stereocenters. The number of ether oxygens (including phenoxy) is 1. The number of fused-ring (bicyclic) bond motifs is 1. The molecule has 2 rings (SSSR count). The summed E-state index contributed by atoms with van der Waals surface area (Å²) in [6.07, 6.45) is -0.151. The van der Waals surface area contributed by atoms with Crippen molar-refractivity contribution in [1.29, 1.82) is 0 Å². The van der Waals surface area contributed by atoms with E-state index in [1.54, 1.807) is 6.07 Å². The van der Waals surface area contributed by atoms with Gasteiger partial charge in [-0.1, -0.05) is 32.0 Å². The molecule has 0 radical (unpaired) electrons. The quantitative estimate of drug-likeness (QED) is 0.859. The number of rotatable bonds is 3. The minimum atomic E-state index is -0.432. The Morgan fingerprint density at radius 3 is 2.63 bits per heavy atom. The summed E-state index contributed by atoms with van der Waals surface area (Å²) in [5.41, 5.74) is 7.43. The van der Waals surface area contributed by atoms with Crippen LogP contribution in [0.2, 0.25) is 0 Å². The van der Waals surface area contributed by atoms with Gasteiger partial charge in [0.25, 0.3) is 0 Å². The molecule has 0 bridgehead atoms. The molecule has 1 aromatic heterocycles. The number of benzene rings is 1. The molecule has 4 nitrogen and oxygen atoms in total. The first-order chi connectivity index (χ1) is 8.99. The van der Waals surface area contributed by atoms with Crippen LogP contribution >= 0.6 is 0 Å². The van der Waals surface area contributed by atoms with E-state index in [0.717, 1.165) is 5.39 Å². The number of hydrogen-bond acceptors (Lipinski definition) is 4. The SMILES string of the molecule is CC(C)C(C)OC(=O)c1cc(N)c2ccccc2n1. The molecule has 0 aliphatic heterocycles. The van der Waals surface area contributed by atoms with E-state index >= 15 is 0 Å². The van der Waals surface area contributed by atoms with Gasteiger partial charge in [0.1, 0.15) is 6.10 Å². The fourth-order valence-electron chi connectivity index (χ4n) is 1.67. The average Bonchev–Trinajstić information content (AvgIpc) is 2.38. The molecule has 0 aliphatic rings. The summed E-state index contributed by atoms with van der Waals surface area (Å²) in [7, 11) is 0.